The molecule has 3 aromatic rings. The van der Waals surface area contributed by atoms with Crippen molar-refractivity contribution in [2.24, 2.45) is 17.8 Å². The van der Waals surface area contributed by atoms with E-state index in [1.807, 2.05) is 10.9 Å². The number of likely N-dealkylation sites (tertiary alicyclic amines) is 1. The third kappa shape index (κ3) is 5.12. The summed E-state index contributed by atoms with van der Waals surface area (Å²) in [5, 5.41) is 11.5. The maximum atomic E-state index is 13.0. The van der Waals surface area contributed by atoms with E-state index in [-0.39, 0.29) is 17.7 Å². The lowest BCUT2D eigenvalue weighted by Gasteiger charge is -2.27. The van der Waals surface area contributed by atoms with Gasteiger partial charge in [0.2, 0.25) is 5.91 Å². The van der Waals surface area contributed by atoms with Crippen molar-refractivity contribution in [3.05, 3.63) is 47.9 Å². The van der Waals surface area contributed by atoms with E-state index >= 15 is 0 Å². The number of anilines is 1. The Morgan fingerprint density at radius 1 is 1.10 bits per heavy atom. The number of rotatable bonds is 5. The van der Waals surface area contributed by atoms with Gasteiger partial charge in [0.05, 0.1) is 24.4 Å². The Labute approximate surface area is 229 Å². The number of benzene rings is 1. The minimum Gasteiger partial charge on any atom is -0.494 e. The Morgan fingerprint density at radius 3 is 2.50 bits per heavy atom. The van der Waals surface area contributed by atoms with Crippen molar-refractivity contribution in [1.29, 1.82) is 0 Å². The van der Waals surface area contributed by atoms with Crippen LogP contribution < -0.4 is 15.4 Å². The fraction of sp³-hybridized carbons (Fsp3) is 0.500. The van der Waals surface area contributed by atoms with Crippen LogP contribution in [-0.4, -0.2) is 64.8 Å². The van der Waals surface area contributed by atoms with E-state index in [9.17, 15) is 22.8 Å². The first-order valence-corrected chi connectivity index (χ1v) is 13.6. The largest absolute Gasteiger partial charge is 0.494 e. The Hall–Kier alpha value is -3.67. The molecule has 12 heteroatoms. The van der Waals surface area contributed by atoms with Crippen LogP contribution in [0, 0.1) is 17.8 Å². The molecule has 3 fully saturated rings. The molecule has 6 rings (SSSR count). The molecule has 2 saturated heterocycles. The molecule has 1 aliphatic carbocycles. The van der Waals surface area contributed by atoms with Gasteiger partial charge in [-0.15, -0.1) is 0 Å². The van der Waals surface area contributed by atoms with Crippen LogP contribution in [0.2, 0.25) is 0 Å². The van der Waals surface area contributed by atoms with Crippen LogP contribution in [0.25, 0.3) is 10.9 Å². The summed E-state index contributed by atoms with van der Waals surface area (Å²) in [7, 11) is 1.45. The highest BCUT2D eigenvalue weighted by Gasteiger charge is 2.44. The quantitative estimate of drug-likeness (QED) is 0.491. The number of halogens is 3. The van der Waals surface area contributed by atoms with E-state index in [2.05, 4.69) is 20.5 Å². The molecule has 0 spiro atoms. The minimum absolute atomic E-state index is 0.140. The van der Waals surface area contributed by atoms with Crippen LogP contribution >= 0.6 is 0 Å². The fourth-order valence-corrected chi connectivity index (χ4v) is 6.42. The highest BCUT2D eigenvalue weighted by molar-refractivity contribution is 6.05. The Balaban J connectivity index is 1.15. The number of aromatic nitrogens is 3. The zero-order chi connectivity index (χ0) is 28.0. The van der Waals surface area contributed by atoms with Crippen LogP contribution in [0.5, 0.6) is 5.75 Å². The van der Waals surface area contributed by atoms with E-state index < -0.39 is 17.8 Å². The van der Waals surface area contributed by atoms with Crippen LogP contribution in [-0.2, 0) is 11.0 Å². The topological polar surface area (TPSA) is 101 Å². The number of fused-ring (bicyclic) bond motifs is 2. The van der Waals surface area contributed by atoms with Crippen molar-refractivity contribution in [1.82, 2.24) is 25.0 Å². The average Bonchev–Trinajstić information content (AvgIpc) is 3.65. The van der Waals surface area contributed by atoms with E-state index in [0.717, 1.165) is 69.4 Å². The maximum absolute atomic E-state index is 13.0. The number of carbonyl (C=O) groups excluding carboxylic acids is 2. The summed E-state index contributed by atoms with van der Waals surface area (Å²) < 4.78 is 46.5. The molecule has 2 aromatic heterocycles. The SMILES string of the molecule is COc1cc2nn(C3CC4CN(C(=O)C5CCNCC5)CC4C3)cc2cc1NC(=O)c1cccc(C(F)(F)F)n1. The number of ether oxygens (including phenoxy) is 1. The van der Waals surface area contributed by atoms with Gasteiger partial charge < -0.3 is 20.3 Å². The number of pyridine rings is 1. The minimum atomic E-state index is -4.65. The molecule has 1 saturated carbocycles. The number of piperidine rings is 1. The van der Waals surface area contributed by atoms with Crippen molar-refractivity contribution in [2.45, 2.75) is 37.9 Å². The lowest BCUT2D eigenvalue weighted by molar-refractivity contribution is -0.141. The van der Waals surface area contributed by atoms with Gasteiger partial charge in [-0.2, -0.15) is 18.3 Å². The van der Waals surface area contributed by atoms with Gasteiger partial charge in [-0.25, -0.2) is 4.98 Å². The highest BCUT2D eigenvalue weighted by atomic mass is 19.4. The van der Waals surface area contributed by atoms with Gasteiger partial charge >= 0.3 is 6.18 Å². The molecule has 2 atom stereocenters. The summed E-state index contributed by atoms with van der Waals surface area (Å²) in [5.74, 6) is 0.914. The molecule has 2 amide bonds. The predicted molar refractivity (Wildman–Crippen MR) is 141 cm³/mol. The normalized spacial score (nSPS) is 23.4. The van der Waals surface area contributed by atoms with Crippen LogP contribution in [0.1, 0.15) is 47.9 Å². The maximum Gasteiger partial charge on any atom is 0.433 e. The van der Waals surface area contributed by atoms with Crippen LogP contribution in [0.15, 0.2) is 36.5 Å². The van der Waals surface area contributed by atoms with Gasteiger partial charge in [0.15, 0.2) is 0 Å². The lowest BCUT2D eigenvalue weighted by atomic mass is 9.96. The number of methoxy groups -OCH3 is 1. The van der Waals surface area contributed by atoms with Crippen LogP contribution in [0.4, 0.5) is 18.9 Å². The standard InChI is InChI=1S/C28H31F3N6O3/c1-40-24-12-22-19(11-23(24)34-26(38)21-3-2-4-25(33-21)28(29,30)31)15-37(35-22)20-9-17-13-36(14-18(17)10-20)27(39)16-5-7-32-8-6-16/h2-4,11-12,15-18,20,32H,5-10,13-14H2,1H3,(H,34,38). The number of nitrogens with one attached hydrogen (secondary N) is 2. The first kappa shape index (κ1) is 26.5. The van der Waals surface area contributed by atoms with Crippen molar-refractivity contribution < 1.29 is 27.5 Å². The first-order valence-electron chi connectivity index (χ1n) is 13.6. The Morgan fingerprint density at radius 2 is 1.82 bits per heavy atom. The predicted octanol–water partition coefficient (Wildman–Crippen LogP) is 4.12. The van der Waals surface area contributed by atoms with Crippen molar-refractivity contribution in [3.63, 3.8) is 0 Å². The summed E-state index contributed by atoms with van der Waals surface area (Å²) >= 11 is 0. The number of carbonyl (C=O) groups is 2. The molecule has 212 valence electrons. The monoisotopic (exact) mass is 556 g/mol. The lowest BCUT2D eigenvalue weighted by Crippen LogP contribution is -2.40. The molecule has 3 aliphatic rings. The van der Waals surface area contributed by atoms with Crippen molar-refractivity contribution in [3.8, 4) is 5.75 Å². The third-order valence-corrected chi connectivity index (χ3v) is 8.46. The van der Waals surface area contributed by atoms with Gasteiger partial charge in [0, 0.05) is 36.7 Å². The molecule has 1 aromatic carbocycles. The van der Waals surface area contributed by atoms with Gasteiger partial charge in [-0.05, 0) is 68.8 Å². The van der Waals surface area contributed by atoms with E-state index in [1.165, 1.54) is 13.2 Å². The zero-order valence-electron chi connectivity index (χ0n) is 22.1. The van der Waals surface area contributed by atoms with Gasteiger partial charge in [-0.3, -0.25) is 14.3 Å². The number of hydrogen-bond donors (Lipinski definition) is 2. The molecular formula is C28H31F3N6O3. The highest BCUT2D eigenvalue weighted by Crippen LogP contribution is 2.45. The van der Waals surface area contributed by atoms with Crippen LogP contribution in [0.3, 0.4) is 0 Å². The van der Waals surface area contributed by atoms with Gasteiger partial charge in [0.25, 0.3) is 5.91 Å². The Kier molecular flexibility index (Phi) is 6.89. The third-order valence-electron chi connectivity index (χ3n) is 8.46. The molecule has 2 aliphatic heterocycles. The number of alkyl halides is 3. The number of nitrogens with zero attached hydrogens (tertiary/aromatic N) is 4. The second-order valence-electron chi connectivity index (χ2n) is 11.0. The van der Waals surface area contributed by atoms with Crippen molar-refractivity contribution in [2.75, 3.05) is 38.6 Å². The molecule has 2 N–H and O–H groups in total. The number of hydrogen-bond acceptors (Lipinski definition) is 6. The number of amides is 2. The molecule has 2 unspecified atom stereocenters. The molecule has 0 bridgehead atoms. The Bertz CT molecular complexity index is 1420. The average molecular weight is 557 g/mol. The van der Waals surface area contributed by atoms with E-state index in [4.69, 9.17) is 9.84 Å². The smallest absolute Gasteiger partial charge is 0.433 e. The van der Waals surface area contributed by atoms with Gasteiger partial charge in [0.1, 0.15) is 17.1 Å². The van der Waals surface area contributed by atoms with E-state index in [0.29, 0.717) is 34.7 Å². The first-order chi connectivity index (χ1) is 19.2. The van der Waals surface area contributed by atoms with Crippen molar-refractivity contribution >= 4 is 28.4 Å². The van der Waals surface area contributed by atoms with Gasteiger partial charge in [-0.1, -0.05) is 6.07 Å². The molecular weight excluding hydrogens is 525 g/mol. The van der Waals surface area contributed by atoms with E-state index in [1.54, 1.807) is 12.1 Å². The zero-order valence-corrected chi connectivity index (χ0v) is 22.1. The fourth-order valence-electron chi connectivity index (χ4n) is 6.42. The molecule has 0 radical (unpaired) electrons. The summed E-state index contributed by atoms with van der Waals surface area (Å²) in [6, 6.07) is 6.81. The summed E-state index contributed by atoms with van der Waals surface area (Å²) in [6.45, 7) is 3.42. The second kappa shape index (κ2) is 10.4. The molecule has 40 heavy (non-hydrogen) atoms. The summed E-state index contributed by atoms with van der Waals surface area (Å²) in [5.41, 5.74) is -0.484. The summed E-state index contributed by atoms with van der Waals surface area (Å²) in [4.78, 5) is 31.3. The molecule has 4 heterocycles. The molecule has 9 nitrogen and oxygen atoms in total. The summed E-state index contributed by atoms with van der Waals surface area (Å²) in [6.07, 6.45) is 0.982. The second-order valence-corrected chi connectivity index (χ2v) is 11.0.